The first-order valence-electron chi connectivity index (χ1n) is 3.75. The van der Waals surface area contributed by atoms with Crippen molar-refractivity contribution in [3.63, 3.8) is 0 Å². The minimum atomic E-state index is -2.55. The highest BCUT2D eigenvalue weighted by Gasteiger charge is 2.41. The molecule has 0 amide bonds. The van der Waals surface area contributed by atoms with Gasteiger partial charge in [-0.15, -0.1) is 35.8 Å². The Bertz CT molecular complexity index is 327. The zero-order chi connectivity index (χ0) is 10.8. The summed E-state index contributed by atoms with van der Waals surface area (Å²) < 4.78 is 13.5. The van der Waals surface area contributed by atoms with E-state index in [1.807, 2.05) is 0 Å². The molecule has 0 N–H and O–H groups in total. The van der Waals surface area contributed by atoms with Crippen molar-refractivity contribution in [1.29, 1.82) is 0 Å². The first-order chi connectivity index (χ1) is 6.46. The summed E-state index contributed by atoms with van der Waals surface area (Å²) >= 11 is 14.1. The molecule has 76 valence electrons. The smallest absolute Gasteiger partial charge is 0.245 e. The van der Waals surface area contributed by atoms with E-state index in [1.54, 1.807) is 18.2 Å². The van der Waals surface area contributed by atoms with Crippen LogP contribution in [0.4, 0.5) is 4.39 Å². The van der Waals surface area contributed by atoms with Crippen LogP contribution in [0.15, 0.2) is 30.3 Å². The van der Waals surface area contributed by atoms with Crippen LogP contribution in [0.3, 0.4) is 0 Å². The quantitative estimate of drug-likeness (QED) is 0.497. The zero-order valence-corrected chi connectivity index (χ0v) is 9.36. The Morgan fingerprint density at radius 2 is 1.86 bits per heavy atom. The van der Waals surface area contributed by atoms with E-state index in [-0.39, 0.29) is 5.56 Å². The summed E-state index contributed by atoms with van der Waals surface area (Å²) in [6, 6.07) is 7.91. The van der Waals surface area contributed by atoms with Gasteiger partial charge < -0.3 is 0 Å². The van der Waals surface area contributed by atoms with Gasteiger partial charge >= 0.3 is 0 Å². The summed E-state index contributed by atoms with van der Waals surface area (Å²) in [5.41, 5.74) is 0.191. The van der Waals surface area contributed by atoms with Gasteiger partial charge in [-0.1, -0.05) is 30.3 Å². The molecule has 1 aromatic rings. The molecule has 1 rings (SSSR count). The fourth-order valence-electron chi connectivity index (χ4n) is 0.891. The molecule has 0 radical (unpaired) electrons. The lowest BCUT2D eigenvalue weighted by Gasteiger charge is -2.18. The van der Waals surface area contributed by atoms with Crippen LogP contribution in [-0.2, 0) is 0 Å². The third kappa shape index (κ3) is 2.41. The summed E-state index contributed by atoms with van der Waals surface area (Å²) in [4.78, 5) is 9.99. The molecule has 0 fully saturated rings. The number of hydrogen-bond donors (Lipinski definition) is 1. The molecule has 14 heavy (non-hydrogen) atoms. The van der Waals surface area contributed by atoms with Crippen molar-refractivity contribution < 1.29 is 9.18 Å². The van der Waals surface area contributed by atoms with Gasteiger partial charge in [0.05, 0.1) is 0 Å². The maximum absolute atomic E-state index is 13.5. The first-order valence-corrected chi connectivity index (χ1v) is 5.07. The summed E-state index contributed by atoms with van der Waals surface area (Å²) in [5, 5.41) is -2.55. The Labute approximate surface area is 96.6 Å². The van der Waals surface area contributed by atoms with Gasteiger partial charge in [0.15, 0.2) is 4.84 Å². The molecule has 0 spiro atoms. The number of carbonyl (C=O) groups is 1. The lowest BCUT2D eigenvalue weighted by atomic mass is 10.1. The van der Waals surface area contributed by atoms with Crippen molar-refractivity contribution in [2.75, 3.05) is 0 Å². The number of benzene rings is 1. The average Bonchev–Trinajstić information content (AvgIpc) is 2.17. The van der Waals surface area contributed by atoms with Crippen molar-refractivity contribution >= 4 is 41.6 Å². The van der Waals surface area contributed by atoms with Crippen LogP contribution in [0.1, 0.15) is 10.4 Å². The molecule has 0 aliphatic rings. The second-order valence-electron chi connectivity index (χ2n) is 2.67. The van der Waals surface area contributed by atoms with Crippen molar-refractivity contribution in [2.45, 2.75) is 9.84 Å². The third-order valence-corrected chi connectivity index (χ3v) is 3.01. The van der Waals surface area contributed by atoms with E-state index in [0.717, 1.165) is 0 Å². The summed E-state index contributed by atoms with van der Waals surface area (Å²) in [5.74, 6) is -0.837. The van der Waals surface area contributed by atoms with Crippen LogP contribution < -0.4 is 0 Å². The Kier molecular flexibility index (Phi) is 3.81. The van der Waals surface area contributed by atoms with Crippen molar-refractivity contribution in [3.05, 3.63) is 35.9 Å². The summed E-state index contributed by atoms with van der Waals surface area (Å²) in [6.07, 6.45) is 0. The molecule has 0 aromatic heterocycles. The van der Waals surface area contributed by atoms with Crippen LogP contribution in [0.2, 0.25) is 0 Å². The zero-order valence-electron chi connectivity index (χ0n) is 6.95. The number of rotatable bonds is 3. The number of Topliss-reactive ketones (excluding diaryl/α,β-unsaturated/α-hetero) is 1. The molecule has 1 unspecified atom stereocenters. The van der Waals surface area contributed by atoms with Crippen molar-refractivity contribution in [1.82, 2.24) is 0 Å². The second kappa shape index (κ2) is 4.51. The highest BCUT2D eigenvalue weighted by Crippen LogP contribution is 2.32. The Morgan fingerprint density at radius 1 is 1.36 bits per heavy atom. The lowest BCUT2D eigenvalue weighted by molar-refractivity contribution is 0.0856. The second-order valence-corrected chi connectivity index (χ2v) is 4.42. The van der Waals surface area contributed by atoms with E-state index >= 15 is 0 Å². The molecule has 1 atom stereocenters. The number of alkyl halides is 3. The van der Waals surface area contributed by atoms with Crippen molar-refractivity contribution in [2.24, 2.45) is 0 Å². The van der Waals surface area contributed by atoms with Crippen LogP contribution in [0.25, 0.3) is 0 Å². The number of carbonyl (C=O) groups excluding carboxylic acids is 1. The summed E-state index contributed by atoms with van der Waals surface area (Å²) in [7, 11) is 0. The summed E-state index contributed by atoms with van der Waals surface area (Å²) in [6.45, 7) is 0. The van der Waals surface area contributed by atoms with Gasteiger partial charge in [0.25, 0.3) is 0 Å². The van der Waals surface area contributed by atoms with Crippen LogP contribution >= 0.6 is 35.8 Å². The van der Waals surface area contributed by atoms with Crippen LogP contribution in [-0.4, -0.2) is 15.6 Å². The van der Waals surface area contributed by atoms with Gasteiger partial charge in [-0.05, 0) is 0 Å². The topological polar surface area (TPSA) is 17.1 Å². The van der Waals surface area contributed by atoms with Gasteiger partial charge in [0.2, 0.25) is 10.8 Å². The van der Waals surface area contributed by atoms with Crippen LogP contribution in [0.5, 0.6) is 0 Å². The van der Waals surface area contributed by atoms with E-state index in [9.17, 15) is 9.18 Å². The predicted molar refractivity (Wildman–Crippen MR) is 59.1 cm³/mol. The third-order valence-electron chi connectivity index (χ3n) is 1.64. The van der Waals surface area contributed by atoms with Gasteiger partial charge in [0, 0.05) is 5.56 Å². The van der Waals surface area contributed by atoms with Crippen LogP contribution in [0, 0.1) is 0 Å². The fraction of sp³-hybridized carbons (Fsp3) is 0.222. The Morgan fingerprint density at radius 3 is 2.29 bits per heavy atom. The predicted octanol–water partition coefficient (Wildman–Crippen LogP) is 3.27. The fourth-order valence-corrected chi connectivity index (χ4v) is 1.22. The molecule has 0 saturated heterocycles. The molecular formula is C9H7Cl2FOS. The number of halogens is 3. The first kappa shape index (κ1) is 11.8. The SMILES string of the molecule is O=C(c1ccccc1)C(F)(S)C(Cl)Cl. The maximum Gasteiger partial charge on any atom is 0.245 e. The molecule has 1 nitrogen and oxygen atoms in total. The molecular weight excluding hydrogens is 246 g/mol. The minimum Gasteiger partial charge on any atom is -0.289 e. The number of thiol groups is 1. The van der Waals surface area contributed by atoms with Gasteiger partial charge in [-0.25, -0.2) is 4.39 Å². The maximum atomic E-state index is 13.5. The highest BCUT2D eigenvalue weighted by molar-refractivity contribution is 7.82. The van der Waals surface area contributed by atoms with Crippen molar-refractivity contribution in [3.8, 4) is 0 Å². The standard InChI is InChI=1S/C9H7Cl2FOS/c10-8(11)9(12,14)7(13)6-4-2-1-3-5-6/h1-5,8,14H. The van der Waals surface area contributed by atoms with Gasteiger partial charge in [-0.2, -0.15) is 0 Å². The molecule has 1 aromatic carbocycles. The molecule has 0 bridgehead atoms. The minimum absolute atomic E-state index is 0.191. The van der Waals surface area contributed by atoms with E-state index < -0.39 is 15.6 Å². The largest absolute Gasteiger partial charge is 0.289 e. The Hall–Kier alpha value is -0.250. The monoisotopic (exact) mass is 252 g/mol. The van der Waals surface area contributed by atoms with E-state index in [1.165, 1.54) is 12.1 Å². The highest BCUT2D eigenvalue weighted by atomic mass is 35.5. The number of ketones is 1. The van der Waals surface area contributed by atoms with E-state index in [0.29, 0.717) is 0 Å². The molecule has 0 aliphatic carbocycles. The molecule has 0 heterocycles. The normalized spacial score (nSPS) is 15.2. The molecule has 0 saturated carbocycles. The Balaban J connectivity index is 2.97. The lowest BCUT2D eigenvalue weighted by Crippen LogP contribution is -2.34. The van der Waals surface area contributed by atoms with E-state index in [4.69, 9.17) is 23.2 Å². The molecule has 0 aliphatic heterocycles. The number of hydrogen-bond acceptors (Lipinski definition) is 2. The average molecular weight is 253 g/mol. The molecule has 5 heteroatoms. The van der Waals surface area contributed by atoms with Gasteiger partial charge in [0.1, 0.15) is 0 Å². The van der Waals surface area contributed by atoms with Gasteiger partial charge in [-0.3, -0.25) is 4.79 Å². The van der Waals surface area contributed by atoms with E-state index in [2.05, 4.69) is 12.6 Å².